The number of fused-ring (bicyclic) bond motifs is 6. The minimum Gasteiger partial charge on any atom is -0.310 e. The molecule has 51 heavy (non-hydrogen) atoms. The van der Waals surface area contributed by atoms with Crippen LogP contribution in [-0.4, -0.2) is 0 Å². The minimum atomic E-state index is -0.0918. The number of benzene rings is 6. The number of hydrogen-bond donors (Lipinski definition) is 0. The molecule has 0 radical (unpaired) electrons. The van der Waals surface area contributed by atoms with Crippen LogP contribution in [0.2, 0.25) is 0 Å². The molecule has 0 saturated heterocycles. The normalized spacial score (nSPS) is 21.9. The second kappa shape index (κ2) is 12.3. The average molecular weight is 664 g/mol. The Kier molecular flexibility index (Phi) is 7.49. The van der Waals surface area contributed by atoms with Gasteiger partial charge in [0, 0.05) is 22.5 Å². The van der Waals surface area contributed by atoms with Crippen molar-refractivity contribution in [2.75, 3.05) is 4.90 Å². The van der Waals surface area contributed by atoms with Crippen LogP contribution in [0.4, 0.5) is 17.1 Å². The molecule has 0 aromatic heterocycles. The van der Waals surface area contributed by atoms with Gasteiger partial charge < -0.3 is 4.90 Å². The van der Waals surface area contributed by atoms with Gasteiger partial charge in [-0.15, -0.1) is 0 Å². The standard InChI is InChI=1S/C50H49N/c1-50(2)48-26-20-39(35-11-7-4-8-12-35)31-47(48)45-25-24-44(32-49(45)50)51(42-21-18-37(19-22-42)46-28-33-13-14-40(46)27-33)43-23-17-36-15-16-38(29-41(36)30-43)34-9-5-3-6-10-34/h4,7-8,11-12,15-26,29-34,40,46H,3,5-6,9-10,13-14,27-28H2,1-2H3. The summed E-state index contributed by atoms with van der Waals surface area (Å²) in [5, 5.41) is 2.67. The second-order valence-corrected chi connectivity index (χ2v) is 16.8. The maximum Gasteiger partial charge on any atom is 0.0468 e. The van der Waals surface area contributed by atoms with E-state index in [1.165, 1.54) is 125 Å². The molecule has 4 aliphatic carbocycles. The van der Waals surface area contributed by atoms with Crippen LogP contribution < -0.4 is 4.90 Å². The Morgan fingerprint density at radius 3 is 2.04 bits per heavy atom. The first kappa shape index (κ1) is 31.1. The monoisotopic (exact) mass is 663 g/mol. The first-order chi connectivity index (χ1) is 25.0. The van der Waals surface area contributed by atoms with E-state index < -0.39 is 0 Å². The zero-order valence-electron chi connectivity index (χ0n) is 30.2. The van der Waals surface area contributed by atoms with E-state index in [0.29, 0.717) is 5.92 Å². The van der Waals surface area contributed by atoms with E-state index >= 15 is 0 Å². The van der Waals surface area contributed by atoms with Crippen LogP contribution in [0, 0.1) is 11.8 Å². The number of nitrogens with zero attached hydrogens (tertiary/aromatic N) is 1. The fourth-order valence-electron chi connectivity index (χ4n) is 10.7. The lowest BCUT2D eigenvalue weighted by Crippen LogP contribution is -2.16. The Morgan fingerprint density at radius 1 is 0.510 bits per heavy atom. The van der Waals surface area contributed by atoms with Gasteiger partial charge >= 0.3 is 0 Å². The van der Waals surface area contributed by atoms with Gasteiger partial charge in [0.1, 0.15) is 0 Å². The highest BCUT2D eigenvalue weighted by Gasteiger charge is 2.40. The van der Waals surface area contributed by atoms with Crippen LogP contribution in [0.3, 0.4) is 0 Å². The summed E-state index contributed by atoms with van der Waals surface area (Å²) in [7, 11) is 0. The molecule has 1 nitrogen and oxygen atoms in total. The van der Waals surface area contributed by atoms with Crippen molar-refractivity contribution in [2.24, 2.45) is 11.8 Å². The van der Waals surface area contributed by atoms with E-state index in [9.17, 15) is 0 Å². The quantitative estimate of drug-likeness (QED) is 0.171. The molecule has 0 aliphatic heterocycles. The van der Waals surface area contributed by atoms with Gasteiger partial charge in [0.15, 0.2) is 0 Å². The van der Waals surface area contributed by atoms with Crippen LogP contribution in [0.15, 0.2) is 127 Å². The Balaban J connectivity index is 1.07. The van der Waals surface area contributed by atoms with Gasteiger partial charge in [0.25, 0.3) is 0 Å². The third-order valence-electron chi connectivity index (χ3n) is 13.5. The van der Waals surface area contributed by atoms with Crippen molar-refractivity contribution in [2.45, 2.75) is 88.9 Å². The van der Waals surface area contributed by atoms with Gasteiger partial charge in [0.05, 0.1) is 0 Å². The van der Waals surface area contributed by atoms with Crippen molar-refractivity contribution in [1.29, 1.82) is 0 Å². The highest BCUT2D eigenvalue weighted by molar-refractivity contribution is 5.91. The summed E-state index contributed by atoms with van der Waals surface area (Å²) in [4.78, 5) is 2.52. The largest absolute Gasteiger partial charge is 0.310 e. The first-order valence-electron chi connectivity index (χ1n) is 19.8. The van der Waals surface area contributed by atoms with Gasteiger partial charge in [-0.3, -0.25) is 0 Å². The van der Waals surface area contributed by atoms with Crippen LogP contribution in [0.25, 0.3) is 33.0 Å². The molecule has 10 rings (SSSR count). The van der Waals surface area contributed by atoms with E-state index in [1.54, 1.807) is 5.56 Å². The predicted octanol–water partition coefficient (Wildman–Crippen LogP) is 14.2. The SMILES string of the molecule is CC1(C)c2ccc(-c3ccccc3)cc2-c2ccc(N(c3ccc(C4CC5CCC4C5)cc3)c3ccc4ccc(C5CCCCC5)cc4c3)cc21. The molecule has 3 atom stereocenters. The number of anilines is 3. The van der Waals surface area contributed by atoms with E-state index in [1.807, 2.05) is 0 Å². The Bertz CT molecular complexity index is 2240. The van der Waals surface area contributed by atoms with Crippen molar-refractivity contribution in [3.8, 4) is 22.3 Å². The van der Waals surface area contributed by atoms with E-state index in [-0.39, 0.29) is 5.41 Å². The summed E-state index contributed by atoms with van der Waals surface area (Å²) in [6.45, 7) is 4.81. The molecule has 6 aromatic carbocycles. The van der Waals surface area contributed by atoms with E-state index in [0.717, 1.165) is 17.8 Å². The highest BCUT2D eigenvalue weighted by Crippen LogP contribution is 2.54. The molecule has 0 spiro atoms. The molecule has 6 aromatic rings. The summed E-state index contributed by atoms with van der Waals surface area (Å²) in [5.74, 6) is 3.28. The lowest BCUT2D eigenvalue weighted by molar-refractivity contribution is 0.420. The molecular weight excluding hydrogens is 615 g/mol. The van der Waals surface area contributed by atoms with Crippen molar-refractivity contribution in [3.05, 3.63) is 150 Å². The lowest BCUT2D eigenvalue weighted by Gasteiger charge is -2.29. The minimum absolute atomic E-state index is 0.0918. The summed E-state index contributed by atoms with van der Waals surface area (Å²) in [6.07, 6.45) is 12.5. The molecule has 0 heterocycles. The van der Waals surface area contributed by atoms with Crippen LogP contribution >= 0.6 is 0 Å². The smallest absolute Gasteiger partial charge is 0.0468 e. The van der Waals surface area contributed by atoms with Gasteiger partial charge in [-0.25, -0.2) is 0 Å². The lowest BCUT2D eigenvalue weighted by atomic mass is 9.82. The Morgan fingerprint density at radius 2 is 1.25 bits per heavy atom. The summed E-state index contributed by atoms with van der Waals surface area (Å²) >= 11 is 0. The summed E-state index contributed by atoms with van der Waals surface area (Å²) in [6, 6.07) is 49.2. The highest BCUT2D eigenvalue weighted by atomic mass is 15.1. The first-order valence-corrected chi connectivity index (χ1v) is 19.8. The fourth-order valence-corrected chi connectivity index (χ4v) is 10.7. The zero-order chi connectivity index (χ0) is 34.1. The zero-order valence-corrected chi connectivity index (χ0v) is 30.2. The van der Waals surface area contributed by atoms with Crippen molar-refractivity contribution in [1.82, 2.24) is 0 Å². The molecule has 2 bridgehead atoms. The Hall–Kier alpha value is -4.62. The topological polar surface area (TPSA) is 3.24 Å². The van der Waals surface area contributed by atoms with Crippen LogP contribution in [-0.2, 0) is 5.41 Å². The van der Waals surface area contributed by atoms with E-state index in [4.69, 9.17) is 0 Å². The molecule has 3 unspecified atom stereocenters. The van der Waals surface area contributed by atoms with Gasteiger partial charge in [-0.05, 0) is 154 Å². The van der Waals surface area contributed by atoms with Crippen LogP contribution in [0.1, 0.15) is 106 Å². The molecule has 1 heteroatoms. The Labute approximate surface area is 304 Å². The third kappa shape index (κ3) is 5.35. The van der Waals surface area contributed by atoms with Gasteiger partial charge in [0.2, 0.25) is 0 Å². The van der Waals surface area contributed by atoms with Crippen molar-refractivity contribution < 1.29 is 0 Å². The van der Waals surface area contributed by atoms with Gasteiger partial charge in [-0.1, -0.05) is 124 Å². The van der Waals surface area contributed by atoms with Crippen LogP contribution in [0.5, 0.6) is 0 Å². The summed E-state index contributed by atoms with van der Waals surface area (Å²) in [5.41, 5.74) is 14.8. The van der Waals surface area contributed by atoms with Crippen molar-refractivity contribution in [3.63, 3.8) is 0 Å². The van der Waals surface area contributed by atoms with E-state index in [2.05, 4.69) is 146 Å². The number of rotatable bonds is 6. The predicted molar refractivity (Wildman–Crippen MR) is 216 cm³/mol. The van der Waals surface area contributed by atoms with Gasteiger partial charge in [-0.2, -0.15) is 0 Å². The molecule has 3 saturated carbocycles. The molecule has 0 amide bonds. The second-order valence-electron chi connectivity index (χ2n) is 16.8. The molecule has 0 N–H and O–H groups in total. The number of hydrogen-bond acceptors (Lipinski definition) is 1. The average Bonchev–Trinajstić information content (AvgIpc) is 3.88. The maximum atomic E-state index is 2.52. The molecule has 4 aliphatic rings. The summed E-state index contributed by atoms with van der Waals surface area (Å²) < 4.78 is 0. The molecule has 254 valence electrons. The molecule has 3 fully saturated rings. The maximum absolute atomic E-state index is 2.52. The molecular formula is C50H49N. The fraction of sp³-hybridized carbons (Fsp3) is 0.320. The van der Waals surface area contributed by atoms with Crippen molar-refractivity contribution >= 4 is 27.8 Å². The third-order valence-corrected chi connectivity index (χ3v) is 13.5.